The lowest BCUT2D eigenvalue weighted by molar-refractivity contribution is 0.663. The lowest BCUT2D eigenvalue weighted by atomic mass is 10.4. The van der Waals surface area contributed by atoms with Crippen molar-refractivity contribution >= 4 is 17.0 Å². The molecule has 6 nitrogen and oxygen atoms in total. The van der Waals surface area contributed by atoms with Gasteiger partial charge >= 0.3 is 0 Å². The Morgan fingerprint density at radius 1 is 1.35 bits per heavy atom. The quantitative estimate of drug-likeness (QED) is 0.707. The average molecular weight is 228 g/mol. The fourth-order valence-corrected chi connectivity index (χ4v) is 1.70. The first kappa shape index (κ1) is 9.83. The maximum atomic E-state index is 4.43. The third-order valence-corrected chi connectivity index (χ3v) is 2.52. The molecule has 0 atom stereocenters. The van der Waals surface area contributed by atoms with E-state index < -0.39 is 0 Å². The number of aromatic nitrogens is 5. The smallest absolute Gasteiger partial charge is 0.179 e. The van der Waals surface area contributed by atoms with Crippen LogP contribution in [-0.2, 0) is 6.54 Å². The molecule has 0 spiro atoms. The second-order valence-electron chi connectivity index (χ2n) is 3.70. The van der Waals surface area contributed by atoms with Gasteiger partial charge in [-0.1, -0.05) is 0 Å². The van der Waals surface area contributed by atoms with Gasteiger partial charge in [-0.25, -0.2) is 9.97 Å². The Balaban J connectivity index is 1.96. The summed E-state index contributed by atoms with van der Waals surface area (Å²) in [6, 6.07) is 5.77. The average Bonchev–Trinajstić information content (AvgIpc) is 2.96. The zero-order valence-electron chi connectivity index (χ0n) is 9.38. The number of fused-ring (bicyclic) bond motifs is 1. The summed E-state index contributed by atoms with van der Waals surface area (Å²) >= 11 is 0. The van der Waals surface area contributed by atoms with Crippen molar-refractivity contribution < 1.29 is 0 Å². The molecule has 3 rings (SSSR count). The molecule has 0 unspecified atom stereocenters. The molecule has 3 heterocycles. The number of rotatable bonds is 3. The molecule has 86 valence electrons. The van der Waals surface area contributed by atoms with E-state index in [-0.39, 0.29) is 0 Å². The molecule has 0 aromatic carbocycles. The van der Waals surface area contributed by atoms with E-state index in [4.69, 9.17) is 0 Å². The minimum Gasteiger partial charge on any atom is -0.373 e. The molecule has 3 aromatic heterocycles. The molecule has 3 aromatic rings. The van der Waals surface area contributed by atoms with E-state index in [0.717, 1.165) is 22.8 Å². The highest BCUT2D eigenvalue weighted by Gasteiger charge is 2.05. The van der Waals surface area contributed by atoms with Gasteiger partial charge in [-0.2, -0.15) is 5.10 Å². The molecular formula is C11H12N6. The summed E-state index contributed by atoms with van der Waals surface area (Å²) < 4.78 is 1.82. The Bertz CT molecular complexity index is 625. The molecule has 0 radical (unpaired) electrons. The molecular weight excluding hydrogens is 216 g/mol. The van der Waals surface area contributed by atoms with Crippen LogP contribution in [0.25, 0.3) is 11.2 Å². The monoisotopic (exact) mass is 228 g/mol. The van der Waals surface area contributed by atoms with Gasteiger partial charge in [0.05, 0.1) is 12.1 Å². The Morgan fingerprint density at radius 3 is 3.06 bits per heavy atom. The number of imidazole rings is 1. The molecule has 17 heavy (non-hydrogen) atoms. The Morgan fingerprint density at radius 2 is 2.29 bits per heavy atom. The molecule has 0 fully saturated rings. The summed E-state index contributed by atoms with van der Waals surface area (Å²) in [4.78, 5) is 12.0. The summed E-state index contributed by atoms with van der Waals surface area (Å²) in [7, 11) is 1.84. The highest BCUT2D eigenvalue weighted by atomic mass is 15.3. The lowest BCUT2D eigenvalue weighted by Gasteiger charge is -1.95. The van der Waals surface area contributed by atoms with Gasteiger partial charge in [-0.05, 0) is 18.2 Å². The third-order valence-electron chi connectivity index (χ3n) is 2.52. The van der Waals surface area contributed by atoms with Gasteiger partial charge in [0.25, 0.3) is 0 Å². The zero-order valence-corrected chi connectivity index (χ0v) is 9.38. The van der Waals surface area contributed by atoms with Gasteiger partial charge in [0, 0.05) is 19.4 Å². The van der Waals surface area contributed by atoms with Crippen LogP contribution in [-0.4, -0.2) is 31.8 Å². The van der Waals surface area contributed by atoms with Crippen LogP contribution < -0.4 is 5.32 Å². The predicted octanol–water partition coefficient (Wildman–Crippen LogP) is 1.24. The van der Waals surface area contributed by atoms with Crippen molar-refractivity contribution in [2.75, 3.05) is 12.4 Å². The van der Waals surface area contributed by atoms with E-state index in [1.54, 1.807) is 6.20 Å². The number of hydrogen-bond acceptors (Lipinski definition) is 4. The Kier molecular flexibility index (Phi) is 2.25. The highest BCUT2D eigenvalue weighted by Crippen LogP contribution is 2.12. The number of nitrogens with one attached hydrogen (secondary N) is 2. The normalized spacial score (nSPS) is 10.9. The zero-order chi connectivity index (χ0) is 11.7. The van der Waals surface area contributed by atoms with Crippen molar-refractivity contribution in [2.45, 2.75) is 6.54 Å². The molecule has 0 aliphatic carbocycles. The van der Waals surface area contributed by atoms with E-state index in [9.17, 15) is 0 Å². The largest absolute Gasteiger partial charge is 0.373 e. The van der Waals surface area contributed by atoms with E-state index in [0.29, 0.717) is 6.54 Å². The number of aromatic amines is 1. The second kappa shape index (κ2) is 3.89. The van der Waals surface area contributed by atoms with Gasteiger partial charge < -0.3 is 10.3 Å². The summed E-state index contributed by atoms with van der Waals surface area (Å²) in [6.45, 7) is 0.623. The highest BCUT2D eigenvalue weighted by molar-refractivity contribution is 5.72. The Labute approximate surface area is 97.7 Å². The Hall–Kier alpha value is -2.37. The standard InChI is InChI=1S/C11H12N6/c1-12-9-4-3-8-11(15-9)16-10(14-8)7-17-6-2-5-13-17/h2-6H,7H2,1H3,(H2,12,14,15,16). The van der Waals surface area contributed by atoms with Crippen molar-refractivity contribution in [3.05, 3.63) is 36.4 Å². The van der Waals surface area contributed by atoms with Crippen LogP contribution in [0.2, 0.25) is 0 Å². The number of anilines is 1. The molecule has 0 saturated carbocycles. The van der Waals surface area contributed by atoms with Crippen LogP contribution in [0, 0.1) is 0 Å². The molecule has 0 bridgehead atoms. The summed E-state index contributed by atoms with van der Waals surface area (Å²) in [6.07, 6.45) is 3.65. The summed E-state index contributed by atoms with van der Waals surface area (Å²) in [5.74, 6) is 1.67. The van der Waals surface area contributed by atoms with Crippen LogP contribution in [0.3, 0.4) is 0 Å². The van der Waals surface area contributed by atoms with Gasteiger partial charge in [0.1, 0.15) is 11.6 Å². The molecule has 2 N–H and O–H groups in total. The lowest BCUT2D eigenvalue weighted by Crippen LogP contribution is -2.01. The van der Waals surface area contributed by atoms with E-state index in [1.807, 2.05) is 36.1 Å². The van der Waals surface area contributed by atoms with Crippen molar-refractivity contribution in [1.82, 2.24) is 24.7 Å². The summed E-state index contributed by atoms with van der Waals surface area (Å²) in [5.41, 5.74) is 1.66. The number of hydrogen-bond donors (Lipinski definition) is 2. The summed E-state index contributed by atoms with van der Waals surface area (Å²) in [5, 5.41) is 7.13. The topological polar surface area (TPSA) is 71.4 Å². The van der Waals surface area contributed by atoms with Crippen molar-refractivity contribution in [3.8, 4) is 0 Å². The minimum atomic E-state index is 0.623. The fourth-order valence-electron chi connectivity index (χ4n) is 1.70. The third kappa shape index (κ3) is 1.84. The maximum absolute atomic E-state index is 4.43. The molecule has 0 amide bonds. The first-order valence-electron chi connectivity index (χ1n) is 5.36. The van der Waals surface area contributed by atoms with Crippen LogP contribution in [0.1, 0.15) is 5.82 Å². The first-order chi connectivity index (χ1) is 8.35. The van der Waals surface area contributed by atoms with E-state index in [1.165, 1.54) is 0 Å². The predicted molar refractivity (Wildman–Crippen MR) is 64.8 cm³/mol. The molecule has 6 heteroatoms. The van der Waals surface area contributed by atoms with E-state index >= 15 is 0 Å². The van der Waals surface area contributed by atoms with Crippen molar-refractivity contribution in [3.63, 3.8) is 0 Å². The molecule has 0 aliphatic rings. The van der Waals surface area contributed by atoms with Gasteiger partial charge in [-0.15, -0.1) is 0 Å². The van der Waals surface area contributed by atoms with Crippen LogP contribution in [0.4, 0.5) is 5.82 Å². The number of H-pyrrole nitrogens is 1. The van der Waals surface area contributed by atoms with Gasteiger partial charge in [0.2, 0.25) is 0 Å². The minimum absolute atomic E-state index is 0.623. The van der Waals surface area contributed by atoms with Crippen molar-refractivity contribution in [1.29, 1.82) is 0 Å². The maximum Gasteiger partial charge on any atom is 0.179 e. The van der Waals surface area contributed by atoms with E-state index in [2.05, 4.69) is 25.4 Å². The van der Waals surface area contributed by atoms with Gasteiger partial charge in [-0.3, -0.25) is 4.68 Å². The molecule has 0 aliphatic heterocycles. The van der Waals surface area contributed by atoms with Crippen molar-refractivity contribution in [2.24, 2.45) is 0 Å². The second-order valence-corrected chi connectivity index (χ2v) is 3.70. The number of nitrogens with zero attached hydrogens (tertiary/aromatic N) is 4. The van der Waals surface area contributed by atoms with Crippen LogP contribution in [0.15, 0.2) is 30.6 Å². The van der Waals surface area contributed by atoms with Crippen LogP contribution in [0.5, 0.6) is 0 Å². The number of pyridine rings is 1. The fraction of sp³-hybridized carbons (Fsp3) is 0.182. The molecule has 0 saturated heterocycles. The van der Waals surface area contributed by atoms with Crippen LogP contribution >= 0.6 is 0 Å². The SMILES string of the molecule is CNc1ccc2[nH]c(Cn3cccn3)nc2n1. The van der Waals surface area contributed by atoms with Gasteiger partial charge in [0.15, 0.2) is 5.65 Å². The first-order valence-corrected chi connectivity index (χ1v) is 5.36.